The van der Waals surface area contributed by atoms with Crippen LogP contribution in [0.25, 0.3) is 0 Å². The second kappa shape index (κ2) is 3.40. The summed E-state index contributed by atoms with van der Waals surface area (Å²) in [5.74, 6) is 0. The van der Waals surface area contributed by atoms with Crippen molar-refractivity contribution < 1.29 is 0 Å². The molecule has 11 heavy (non-hydrogen) atoms. The highest BCUT2D eigenvalue weighted by Gasteiger charge is 2.42. The van der Waals surface area contributed by atoms with Crippen LogP contribution in [0, 0.1) is 5.41 Å². The second-order valence-electron chi connectivity index (χ2n) is 3.98. The fraction of sp³-hybridized carbons (Fsp3) is 0.800. The first-order chi connectivity index (χ1) is 5.19. The number of hydrogen-bond donors (Lipinski definition) is 1. The van der Waals surface area contributed by atoms with Crippen LogP contribution in [-0.4, -0.2) is 6.04 Å². The number of nitrogens with two attached hydrogens (primary N) is 1. The molecule has 0 aliphatic heterocycles. The SMILES string of the molecule is C=CCCCC(N)C1(C)CC1. The molecule has 1 fully saturated rings. The minimum Gasteiger partial charge on any atom is -0.327 e. The Kier molecular flexibility index (Phi) is 2.72. The van der Waals surface area contributed by atoms with Gasteiger partial charge < -0.3 is 5.73 Å². The van der Waals surface area contributed by atoms with Crippen LogP contribution in [0.3, 0.4) is 0 Å². The van der Waals surface area contributed by atoms with Gasteiger partial charge in [0.25, 0.3) is 0 Å². The van der Waals surface area contributed by atoms with Gasteiger partial charge in [-0.1, -0.05) is 13.0 Å². The molecule has 0 saturated heterocycles. The number of hydrogen-bond acceptors (Lipinski definition) is 1. The summed E-state index contributed by atoms with van der Waals surface area (Å²) in [6.45, 7) is 5.99. The first-order valence-corrected chi connectivity index (χ1v) is 4.55. The molecule has 0 aromatic carbocycles. The van der Waals surface area contributed by atoms with Gasteiger partial charge >= 0.3 is 0 Å². The molecule has 0 spiro atoms. The van der Waals surface area contributed by atoms with Crippen molar-refractivity contribution in [2.75, 3.05) is 0 Å². The standard InChI is InChI=1S/C10H19N/c1-3-4-5-6-9(11)10(2)7-8-10/h3,9H,1,4-8,11H2,2H3. The lowest BCUT2D eigenvalue weighted by molar-refractivity contribution is 0.404. The van der Waals surface area contributed by atoms with E-state index < -0.39 is 0 Å². The fourth-order valence-electron chi connectivity index (χ4n) is 1.40. The van der Waals surface area contributed by atoms with Gasteiger partial charge in [-0.15, -0.1) is 6.58 Å². The first kappa shape index (κ1) is 8.79. The van der Waals surface area contributed by atoms with Gasteiger partial charge in [-0.3, -0.25) is 0 Å². The van der Waals surface area contributed by atoms with Crippen LogP contribution in [0.4, 0.5) is 0 Å². The van der Waals surface area contributed by atoms with E-state index >= 15 is 0 Å². The molecule has 0 amide bonds. The highest BCUT2D eigenvalue weighted by atomic mass is 14.7. The molecule has 0 heterocycles. The summed E-state index contributed by atoms with van der Waals surface area (Å²) >= 11 is 0. The van der Waals surface area contributed by atoms with Crippen LogP contribution >= 0.6 is 0 Å². The average molecular weight is 153 g/mol. The molecule has 0 aromatic heterocycles. The zero-order chi connectivity index (χ0) is 8.32. The summed E-state index contributed by atoms with van der Waals surface area (Å²) in [6.07, 6.45) is 8.14. The largest absolute Gasteiger partial charge is 0.327 e. The zero-order valence-electron chi connectivity index (χ0n) is 7.47. The van der Waals surface area contributed by atoms with Crippen molar-refractivity contribution in [3.8, 4) is 0 Å². The van der Waals surface area contributed by atoms with Crippen LogP contribution in [0.15, 0.2) is 12.7 Å². The normalized spacial score (nSPS) is 22.7. The molecule has 1 nitrogen and oxygen atoms in total. The predicted octanol–water partition coefficient (Wildman–Crippen LogP) is 2.47. The maximum absolute atomic E-state index is 6.02. The number of rotatable bonds is 5. The van der Waals surface area contributed by atoms with Crippen LogP contribution in [0.2, 0.25) is 0 Å². The minimum atomic E-state index is 0.433. The molecule has 1 atom stereocenters. The molecule has 64 valence electrons. The molecule has 1 rings (SSSR count). The number of unbranched alkanes of at least 4 members (excludes halogenated alkanes) is 1. The van der Waals surface area contributed by atoms with E-state index in [1.165, 1.54) is 25.7 Å². The third kappa shape index (κ3) is 2.33. The Labute approximate surface area is 69.7 Å². The topological polar surface area (TPSA) is 26.0 Å². The minimum absolute atomic E-state index is 0.433. The molecule has 0 bridgehead atoms. The zero-order valence-corrected chi connectivity index (χ0v) is 7.47. The average Bonchev–Trinajstić information content (AvgIpc) is 2.70. The summed E-state index contributed by atoms with van der Waals surface area (Å²) in [5.41, 5.74) is 6.52. The lowest BCUT2D eigenvalue weighted by Crippen LogP contribution is -2.29. The van der Waals surface area contributed by atoms with Crippen molar-refractivity contribution in [2.24, 2.45) is 11.1 Å². The fourth-order valence-corrected chi connectivity index (χ4v) is 1.40. The number of allylic oxidation sites excluding steroid dienone is 1. The molecule has 1 aliphatic rings. The van der Waals surface area contributed by atoms with Gasteiger partial charge in [0.2, 0.25) is 0 Å². The maximum Gasteiger partial charge on any atom is 0.00930 e. The molecule has 0 radical (unpaired) electrons. The van der Waals surface area contributed by atoms with Gasteiger partial charge in [0, 0.05) is 6.04 Å². The van der Waals surface area contributed by atoms with E-state index in [4.69, 9.17) is 5.73 Å². The Balaban J connectivity index is 2.11. The molecule has 1 saturated carbocycles. The van der Waals surface area contributed by atoms with Gasteiger partial charge in [0.15, 0.2) is 0 Å². The van der Waals surface area contributed by atoms with E-state index in [0.717, 1.165) is 6.42 Å². The third-order valence-corrected chi connectivity index (χ3v) is 2.86. The summed E-state index contributed by atoms with van der Waals surface area (Å²) in [4.78, 5) is 0. The summed E-state index contributed by atoms with van der Waals surface area (Å²) in [6, 6.07) is 0.433. The lowest BCUT2D eigenvalue weighted by Gasteiger charge is -2.17. The molecule has 1 aliphatic carbocycles. The van der Waals surface area contributed by atoms with Gasteiger partial charge in [0.1, 0.15) is 0 Å². The Morgan fingerprint density at radius 2 is 2.27 bits per heavy atom. The quantitative estimate of drug-likeness (QED) is 0.476. The van der Waals surface area contributed by atoms with E-state index in [1.807, 2.05) is 6.08 Å². The van der Waals surface area contributed by atoms with Gasteiger partial charge in [-0.2, -0.15) is 0 Å². The smallest absolute Gasteiger partial charge is 0.00930 e. The second-order valence-corrected chi connectivity index (χ2v) is 3.98. The van der Waals surface area contributed by atoms with E-state index in [9.17, 15) is 0 Å². The van der Waals surface area contributed by atoms with Crippen LogP contribution in [-0.2, 0) is 0 Å². The van der Waals surface area contributed by atoms with E-state index in [-0.39, 0.29) is 0 Å². The van der Waals surface area contributed by atoms with Crippen molar-refractivity contribution in [3.05, 3.63) is 12.7 Å². The predicted molar refractivity (Wildman–Crippen MR) is 49.4 cm³/mol. The molecule has 0 aromatic rings. The monoisotopic (exact) mass is 153 g/mol. The van der Waals surface area contributed by atoms with Crippen molar-refractivity contribution in [1.29, 1.82) is 0 Å². The Hall–Kier alpha value is -0.300. The molecule has 2 N–H and O–H groups in total. The molecular weight excluding hydrogens is 134 g/mol. The third-order valence-electron chi connectivity index (χ3n) is 2.86. The van der Waals surface area contributed by atoms with E-state index in [2.05, 4.69) is 13.5 Å². The Bertz CT molecular complexity index is 136. The molecule has 1 unspecified atom stereocenters. The van der Waals surface area contributed by atoms with Crippen LogP contribution in [0.5, 0.6) is 0 Å². The summed E-state index contributed by atoms with van der Waals surface area (Å²) in [5, 5.41) is 0. The van der Waals surface area contributed by atoms with E-state index in [1.54, 1.807) is 0 Å². The van der Waals surface area contributed by atoms with Gasteiger partial charge in [0.05, 0.1) is 0 Å². The highest BCUT2D eigenvalue weighted by molar-refractivity contribution is 4.97. The summed E-state index contributed by atoms with van der Waals surface area (Å²) in [7, 11) is 0. The lowest BCUT2D eigenvalue weighted by atomic mass is 9.95. The van der Waals surface area contributed by atoms with Crippen LogP contribution < -0.4 is 5.73 Å². The van der Waals surface area contributed by atoms with Gasteiger partial charge in [-0.05, 0) is 37.5 Å². The van der Waals surface area contributed by atoms with Crippen molar-refractivity contribution >= 4 is 0 Å². The Morgan fingerprint density at radius 1 is 1.64 bits per heavy atom. The Morgan fingerprint density at radius 3 is 2.73 bits per heavy atom. The maximum atomic E-state index is 6.02. The molecular formula is C10H19N. The van der Waals surface area contributed by atoms with Crippen molar-refractivity contribution in [3.63, 3.8) is 0 Å². The van der Waals surface area contributed by atoms with Crippen molar-refractivity contribution in [2.45, 2.75) is 45.1 Å². The summed E-state index contributed by atoms with van der Waals surface area (Å²) < 4.78 is 0. The molecule has 1 heteroatoms. The van der Waals surface area contributed by atoms with Crippen LogP contribution in [0.1, 0.15) is 39.0 Å². The first-order valence-electron chi connectivity index (χ1n) is 4.55. The van der Waals surface area contributed by atoms with Crippen molar-refractivity contribution in [1.82, 2.24) is 0 Å². The highest BCUT2D eigenvalue weighted by Crippen LogP contribution is 2.48. The van der Waals surface area contributed by atoms with Gasteiger partial charge in [-0.25, -0.2) is 0 Å². The van der Waals surface area contributed by atoms with E-state index in [0.29, 0.717) is 11.5 Å².